The van der Waals surface area contributed by atoms with E-state index in [4.69, 9.17) is 0 Å². The lowest BCUT2D eigenvalue weighted by Crippen LogP contribution is -2.28. The number of nitrogens with zero attached hydrogens (tertiary/aromatic N) is 1. The molecule has 20 heavy (non-hydrogen) atoms. The highest BCUT2D eigenvalue weighted by Crippen LogP contribution is 2.18. The number of aromatic amines is 1. The van der Waals surface area contributed by atoms with Crippen LogP contribution < -0.4 is 5.32 Å². The molecule has 0 amide bonds. The lowest BCUT2D eigenvalue weighted by Gasteiger charge is -2.12. The summed E-state index contributed by atoms with van der Waals surface area (Å²) in [5.74, 6) is 1.05. The number of thioether (sulfide) groups is 1. The molecule has 110 valence electrons. The number of para-hydroxylation sites is 2. The zero-order valence-corrected chi connectivity index (χ0v) is 13.3. The van der Waals surface area contributed by atoms with Crippen molar-refractivity contribution in [2.45, 2.75) is 50.7 Å². The molecule has 0 spiro atoms. The van der Waals surface area contributed by atoms with E-state index >= 15 is 0 Å². The second-order valence-electron chi connectivity index (χ2n) is 5.26. The van der Waals surface area contributed by atoms with Crippen molar-refractivity contribution in [3.05, 3.63) is 24.3 Å². The molecule has 2 rings (SSSR count). The fourth-order valence-electron chi connectivity index (χ4n) is 2.25. The molecule has 1 heterocycles. The highest BCUT2D eigenvalue weighted by Gasteiger charge is 2.03. The number of nitrogens with one attached hydrogen (secondary N) is 2. The van der Waals surface area contributed by atoms with Gasteiger partial charge in [0.15, 0.2) is 5.16 Å². The van der Waals surface area contributed by atoms with Crippen LogP contribution in [0.5, 0.6) is 0 Å². The Labute approximate surface area is 125 Å². The molecule has 1 atom stereocenters. The molecule has 3 nitrogen and oxygen atoms in total. The van der Waals surface area contributed by atoms with Gasteiger partial charge >= 0.3 is 0 Å². The topological polar surface area (TPSA) is 40.7 Å². The molecule has 0 radical (unpaired) electrons. The number of fused-ring (bicyclic) bond motifs is 1. The molecule has 0 aliphatic heterocycles. The summed E-state index contributed by atoms with van der Waals surface area (Å²) in [5, 5.41) is 4.60. The van der Waals surface area contributed by atoms with Crippen LogP contribution in [0.15, 0.2) is 29.4 Å². The van der Waals surface area contributed by atoms with E-state index in [2.05, 4.69) is 35.2 Å². The Morgan fingerprint density at radius 1 is 1.30 bits per heavy atom. The normalized spacial score (nSPS) is 12.9. The van der Waals surface area contributed by atoms with Crippen molar-refractivity contribution in [3.63, 3.8) is 0 Å². The van der Waals surface area contributed by atoms with Crippen molar-refractivity contribution < 1.29 is 0 Å². The van der Waals surface area contributed by atoms with E-state index in [9.17, 15) is 0 Å². The van der Waals surface area contributed by atoms with Crippen molar-refractivity contribution in [1.29, 1.82) is 0 Å². The quantitative estimate of drug-likeness (QED) is 0.537. The third-order valence-electron chi connectivity index (χ3n) is 3.44. The molecule has 0 fully saturated rings. The molecular weight excluding hydrogens is 266 g/mol. The Morgan fingerprint density at radius 3 is 2.95 bits per heavy atom. The lowest BCUT2D eigenvalue weighted by molar-refractivity contribution is 0.502. The third-order valence-corrected chi connectivity index (χ3v) is 4.32. The van der Waals surface area contributed by atoms with Gasteiger partial charge in [-0.15, -0.1) is 0 Å². The highest BCUT2D eigenvalue weighted by atomic mass is 32.2. The molecular formula is C16H25N3S. The minimum absolute atomic E-state index is 0.623. The maximum Gasteiger partial charge on any atom is 0.166 e. The number of unbranched alkanes of at least 4 members (excludes halogenated alkanes) is 2. The monoisotopic (exact) mass is 291 g/mol. The zero-order valence-electron chi connectivity index (χ0n) is 12.5. The average Bonchev–Trinajstić information content (AvgIpc) is 2.86. The summed E-state index contributed by atoms with van der Waals surface area (Å²) in [7, 11) is 0. The first-order valence-corrected chi connectivity index (χ1v) is 8.59. The Hall–Kier alpha value is -1.00. The molecule has 2 N–H and O–H groups in total. The Bertz CT molecular complexity index is 476. The number of rotatable bonds is 9. The summed E-state index contributed by atoms with van der Waals surface area (Å²) in [6.45, 7) is 5.57. The fraction of sp³-hybridized carbons (Fsp3) is 0.562. The molecule has 0 bridgehead atoms. The number of hydrogen-bond acceptors (Lipinski definition) is 3. The van der Waals surface area contributed by atoms with Gasteiger partial charge in [0.1, 0.15) is 0 Å². The SMILES string of the molecule is CCCCCC(C)NCCSc1nc2ccccc2[nH]1. The summed E-state index contributed by atoms with van der Waals surface area (Å²) in [6.07, 6.45) is 5.26. The van der Waals surface area contributed by atoms with Crippen molar-refractivity contribution >= 4 is 22.8 Å². The van der Waals surface area contributed by atoms with Gasteiger partial charge in [-0.05, 0) is 25.5 Å². The van der Waals surface area contributed by atoms with Crippen LogP contribution >= 0.6 is 11.8 Å². The summed E-state index contributed by atoms with van der Waals surface area (Å²) in [6, 6.07) is 8.80. The molecule has 1 aromatic carbocycles. The predicted octanol–water partition coefficient (Wildman–Crippen LogP) is 4.21. The van der Waals surface area contributed by atoms with Crippen LogP contribution in [-0.2, 0) is 0 Å². The fourth-order valence-corrected chi connectivity index (χ4v) is 3.01. The van der Waals surface area contributed by atoms with Gasteiger partial charge in [0.25, 0.3) is 0 Å². The van der Waals surface area contributed by atoms with Crippen LogP contribution in [0.4, 0.5) is 0 Å². The maximum atomic E-state index is 4.57. The van der Waals surface area contributed by atoms with Crippen LogP contribution in [0.1, 0.15) is 39.5 Å². The second-order valence-corrected chi connectivity index (χ2v) is 6.34. The van der Waals surface area contributed by atoms with E-state index in [1.807, 2.05) is 18.2 Å². The minimum Gasteiger partial charge on any atom is -0.333 e. The van der Waals surface area contributed by atoms with E-state index in [0.29, 0.717) is 6.04 Å². The molecule has 0 aliphatic carbocycles. The summed E-state index contributed by atoms with van der Waals surface area (Å²) >= 11 is 1.79. The van der Waals surface area contributed by atoms with E-state index in [1.165, 1.54) is 25.7 Å². The molecule has 4 heteroatoms. The first kappa shape index (κ1) is 15.4. The van der Waals surface area contributed by atoms with Crippen molar-refractivity contribution in [3.8, 4) is 0 Å². The number of H-pyrrole nitrogens is 1. The van der Waals surface area contributed by atoms with Crippen LogP contribution in [0.3, 0.4) is 0 Å². The van der Waals surface area contributed by atoms with E-state index in [0.717, 1.165) is 28.5 Å². The van der Waals surface area contributed by atoms with Crippen LogP contribution in [0.25, 0.3) is 11.0 Å². The van der Waals surface area contributed by atoms with Crippen molar-refractivity contribution in [2.75, 3.05) is 12.3 Å². The average molecular weight is 291 g/mol. The molecule has 1 unspecified atom stereocenters. The molecule has 0 saturated carbocycles. The molecule has 0 aliphatic rings. The molecule has 0 saturated heterocycles. The van der Waals surface area contributed by atoms with Crippen LogP contribution in [-0.4, -0.2) is 28.3 Å². The van der Waals surface area contributed by atoms with Crippen molar-refractivity contribution in [1.82, 2.24) is 15.3 Å². The molecule has 2 aromatic rings. The Balaban J connectivity index is 1.65. The third kappa shape index (κ3) is 4.84. The Kier molecular flexibility index (Phi) is 6.40. The number of benzene rings is 1. The summed E-state index contributed by atoms with van der Waals surface area (Å²) in [4.78, 5) is 7.92. The van der Waals surface area contributed by atoms with Gasteiger partial charge in [-0.3, -0.25) is 0 Å². The van der Waals surface area contributed by atoms with Gasteiger partial charge in [0.2, 0.25) is 0 Å². The zero-order chi connectivity index (χ0) is 14.2. The largest absolute Gasteiger partial charge is 0.333 e. The smallest absolute Gasteiger partial charge is 0.166 e. The van der Waals surface area contributed by atoms with Crippen LogP contribution in [0, 0.1) is 0 Å². The summed E-state index contributed by atoms with van der Waals surface area (Å²) in [5.41, 5.74) is 2.17. The number of aromatic nitrogens is 2. The summed E-state index contributed by atoms with van der Waals surface area (Å²) < 4.78 is 0. The highest BCUT2D eigenvalue weighted by molar-refractivity contribution is 7.99. The van der Waals surface area contributed by atoms with Gasteiger partial charge in [0.05, 0.1) is 11.0 Å². The van der Waals surface area contributed by atoms with Crippen LogP contribution in [0.2, 0.25) is 0 Å². The van der Waals surface area contributed by atoms with Gasteiger partial charge in [0, 0.05) is 18.3 Å². The first-order valence-electron chi connectivity index (χ1n) is 7.60. The standard InChI is InChI=1S/C16H25N3S/c1-3-4-5-8-13(2)17-11-12-20-16-18-14-9-6-7-10-15(14)19-16/h6-7,9-10,13,17H,3-5,8,11-12H2,1-2H3,(H,18,19). The van der Waals surface area contributed by atoms with Gasteiger partial charge in [-0.2, -0.15) is 0 Å². The lowest BCUT2D eigenvalue weighted by atomic mass is 10.1. The number of imidazole rings is 1. The Morgan fingerprint density at radius 2 is 2.15 bits per heavy atom. The van der Waals surface area contributed by atoms with E-state index in [-0.39, 0.29) is 0 Å². The second kappa shape index (κ2) is 8.32. The molecule has 1 aromatic heterocycles. The first-order chi connectivity index (χ1) is 9.79. The van der Waals surface area contributed by atoms with Gasteiger partial charge in [-0.1, -0.05) is 50.1 Å². The van der Waals surface area contributed by atoms with Gasteiger partial charge < -0.3 is 10.3 Å². The van der Waals surface area contributed by atoms with E-state index < -0.39 is 0 Å². The maximum absolute atomic E-state index is 4.57. The minimum atomic E-state index is 0.623. The van der Waals surface area contributed by atoms with E-state index in [1.54, 1.807) is 11.8 Å². The predicted molar refractivity (Wildman–Crippen MR) is 88.4 cm³/mol. The van der Waals surface area contributed by atoms with Gasteiger partial charge in [-0.25, -0.2) is 4.98 Å². The van der Waals surface area contributed by atoms with Crippen molar-refractivity contribution in [2.24, 2.45) is 0 Å². The number of hydrogen-bond donors (Lipinski definition) is 2.